The van der Waals surface area contributed by atoms with Gasteiger partial charge in [0.05, 0.1) is 6.61 Å². The summed E-state index contributed by atoms with van der Waals surface area (Å²) in [4.78, 5) is 13.6. The van der Waals surface area contributed by atoms with Crippen LogP contribution in [0.2, 0.25) is 0 Å². The average Bonchev–Trinajstić information content (AvgIpc) is 2.58. The van der Waals surface area contributed by atoms with Gasteiger partial charge in [-0.15, -0.1) is 0 Å². The smallest absolute Gasteiger partial charge is 0.410 e. The molecule has 7 nitrogen and oxygen atoms in total. The highest BCUT2D eigenvalue weighted by Crippen LogP contribution is 2.14. The van der Waals surface area contributed by atoms with Crippen molar-refractivity contribution < 1.29 is 14.3 Å². The molecule has 0 saturated heterocycles. The van der Waals surface area contributed by atoms with E-state index < -0.39 is 5.60 Å². The molecule has 8 heteroatoms. The molecule has 1 aliphatic rings. The number of rotatable bonds is 6. The Balaban J connectivity index is 1.82. The standard InChI is InChI=1S/C19H27ClN4O3/c1-19(2,3)27-18(25)24(4)12-14-7-5-13(6-8-14)9-10-26-15-11-16(20)22-23-17(15)21/h5-8,11,22-23H,9-10,12,21H2,1-4H3. The van der Waals surface area contributed by atoms with E-state index in [4.69, 9.17) is 26.8 Å². The zero-order chi connectivity index (χ0) is 20.0. The van der Waals surface area contributed by atoms with Gasteiger partial charge >= 0.3 is 6.09 Å². The molecule has 0 spiro atoms. The first-order valence-electron chi connectivity index (χ1n) is 8.68. The fourth-order valence-electron chi connectivity index (χ4n) is 2.31. The highest BCUT2D eigenvalue weighted by molar-refractivity contribution is 6.29. The fraction of sp³-hybridized carbons (Fsp3) is 0.421. The van der Waals surface area contributed by atoms with Crippen LogP contribution in [0.1, 0.15) is 31.9 Å². The zero-order valence-electron chi connectivity index (χ0n) is 16.1. The molecule has 0 atom stereocenters. The van der Waals surface area contributed by atoms with Crippen molar-refractivity contribution in [2.45, 2.75) is 39.3 Å². The quantitative estimate of drug-likeness (QED) is 0.643. The largest absolute Gasteiger partial charge is 0.489 e. The van der Waals surface area contributed by atoms with Crippen LogP contribution in [0.4, 0.5) is 4.79 Å². The minimum Gasteiger partial charge on any atom is -0.489 e. The summed E-state index contributed by atoms with van der Waals surface area (Å²) in [5, 5.41) is 0.414. The molecule has 1 aromatic carbocycles. The van der Waals surface area contributed by atoms with Gasteiger partial charge in [0, 0.05) is 26.1 Å². The summed E-state index contributed by atoms with van der Waals surface area (Å²) in [6.45, 7) is 6.50. The molecule has 0 aliphatic carbocycles. The lowest BCUT2D eigenvalue weighted by molar-refractivity contribution is 0.0285. The van der Waals surface area contributed by atoms with E-state index in [9.17, 15) is 4.79 Å². The second-order valence-corrected chi connectivity index (χ2v) is 7.68. The van der Waals surface area contributed by atoms with Gasteiger partial charge in [-0.1, -0.05) is 35.9 Å². The Labute approximate surface area is 165 Å². The Kier molecular flexibility index (Phi) is 6.85. The number of hydrazine groups is 1. The Morgan fingerprint density at radius 1 is 1.19 bits per heavy atom. The predicted octanol–water partition coefficient (Wildman–Crippen LogP) is 2.93. The lowest BCUT2D eigenvalue weighted by Gasteiger charge is -2.24. The minimum absolute atomic E-state index is 0.340. The summed E-state index contributed by atoms with van der Waals surface area (Å²) in [6, 6.07) is 8.02. The molecule has 0 aromatic heterocycles. The Morgan fingerprint density at radius 3 is 2.44 bits per heavy atom. The fourth-order valence-corrected chi connectivity index (χ4v) is 2.45. The first-order chi connectivity index (χ1) is 12.6. The molecule has 1 aliphatic heterocycles. The molecule has 0 saturated carbocycles. The number of allylic oxidation sites excluding steroid dienone is 1. The maximum Gasteiger partial charge on any atom is 0.410 e. The van der Waals surface area contributed by atoms with Crippen LogP contribution in [-0.2, 0) is 22.4 Å². The van der Waals surface area contributed by atoms with Crippen LogP contribution in [0.5, 0.6) is 0 Å². The molecule has 1 heterocycles. The highest BCUT2D eigenvalue weighted by Gasteiger charge is 2.19. The summed E-state index contributed by atoms with van der Waals surface area (Å²) in [5.74, 6) is 0.897. The van der Waals surface area contributed by atoms with Crippen molar-refractivity contribution in [1.82, 2.24) is 15.8 Å². The third kappa shape index (κ3) is 6.94. The Morgan fingerprint density at radius 2 is 1.81 bits per heavy atom. The summed E-state index contributed by atoms with van der Waals surface area (Å²) in [5.41, 5.74) is 12.8. The number of nitrogens with two attached hydrogens (primary N) is 1. The average molecular weight is 395 g/mol. The number of nitrogens with one attached hydrogen (secondary N) is 2. The molecular formula is C19H27ClN4O3. The first kappa shape index (κ1) is 20.8. The second-order valence-electron chi connectivity index (χ2n) is 7.27. The molecule has 0 bridgehead atoms. The Bertz CT molecular complexity index is 723. The molecule has 0 fully saturated rings. The van der Waals surface area contributed by atoms with Gasteiger partial charge in [0.25, 0.3) is 0 Å². The van der Waals surface area contributed by atoms with Crippen LogP contribution in [0, 0.1) is 0 Å². The topological polar surface area (TPSA) is 88.9 Å². The Hall–Kier alpha value is -2.54. The van der Waals surface area contributed by atoms with E-state index in [1.807, 2.05) is 45.0 Å². The lowest BCUT2D eigenvalue weighted by Crippen LogP contribution is -2.36. The summed E-state index contributed by atoms with van der Waals surface area (Å²) in [6.07, 6.45) is 2.01. The van der Waals surface area contributed by atoms with Crippen LogP contribution >= 0.6 is 11.6 Å². The molecule has 4 N–H and O–H groups in total. The number of benzene rings is 1. The molecule has 0 unspecified atom stereocenters. The molecule has 0 radical (unpaired) electrons. The third-order valence-electron chi connectivity index (χ3n) is 3.64. The molecule has 27 heavy (non-hydrogen) atoms. The van der Waals surface area contributed by atoms with Gasteiger partial charge in [-0.25, -0.2) is 4.79 Å². The van der Waals surface area contributed by atoms with Crippen LogP contribution in [-0.4, -0.2) is 30.2 Å². The van der Waals surface area contributed by atoms with Crippen molar-refractivity contribution in [2.24, 2.45) is 5.73 Å². The van der Waals surface area contributed by atoms with Crippen LogP contribution < -0.4 is 16.6 Å². The molecule has 1 aromatic rings. The van der Waals surface area contributed by atoms with E-state index >= 15 is 0 Å². The predicted molar refractivity (Wildman–Crippen MR) is 105 cm³/mol. The van der Waals surface area contributed by atoms with E-state index in [0.29, 0.717) is 29.9 Å². The number of carbonyl (C=O) groups is 1. The zero-order valence-corrected chi connectivity index (χ0v) is 16.9. The molecule has 1 amide bonds. The third-order valence-corrected chi connectivity index (χ3v) is 3.84. The van der Waals surface area contributed by atoms with Crippen molar-refractivity contribution in [3.8, 4) is 0 Å². The number of halogens is 1. The summed E-state index contributed by atoms with van der Waals surface area (Å²) in [7, 11) is 1.72. The van der Waals surface area contributed by atoms with E-state index in [2.05, 4.69) is 10.9 Å². The highest BCUT2D eigenvalue weighted by atomic mass is 35.5. The van der Waals surface area contributed by atoms with Crippen molar-refractivity contribution in [2.75, 3.05) is 13.7 Å². The van der Waals surface area contributed by atoms with Gasteiger partial charge in [-0.3, -0.25) is 10.9 Å². The summed E-state index contributed by atoms with van der Waals surface area (Å²) < 4.78 is 11.0. The van der Waals surface area contributed by atoms with Gasteiger partial charge in [0.1, 0.15) is 10.8 Å². The minimum atomic E-state index is -0.503. The first-order valence-corrected chi connectivity index (χ1v) is 9.05. The van der Waals surface area contributed by atoms with Crippen molar-refractivity contribution >= 4 is 17.7 Å². The summed E-state index contributed by atoms with van der Waals surface area (Å²) >= 11 is 5.87. The van der Waals surface area contributed by atoms with Gasteiger partial charge < -0.3 is 20.1 Å². The SMILES string of the molecule is CN(Cc1ccc(CCOC2=C(N)NNC(Cl)=C2)cc1)C(=O)OC(C)(C)C. The van der Waals surface area contributed by atoms with E-state index in [-0.39, 0.29) is 6.09 Å². The lowest BCUT2D eigenvalue weighted by atomic mass is 10.1. The normalized spacial score (nSPS) is 14.0. The molecule has 148 valence electrons. The van der Waals surface area contributed by atoms with E-state index in [1.54, 1.807) is 18.0 Å². The van der Waals surface area contributed by atoms with Crippen LogP contribution in [0.15, 0.2) is 47.1 Å². The van der Waals surface area contributed by atoms with Crippen molar-refractivity contribution in [1.29, 1.82) is 0 Å². The van der Waals surface area contributed by atoms with Gasteiger partial charge in [-0.2, -0.15) is 0 Å². The van der Waals surface area contributed by atoms with E-state index in [1.165, 1.54) is 0 Å². The van der Waals surface area contributed by atoms with Crippen molar-refractivity contribution in [3.05, 3.63) is 58.2 Å². The number of nitrogens with zero attached hydrogens (tertiary/aromatic N) is 1. The number of carbonyl (C=O) groups excluding carboxylic acids is 1. The molecule has 2 rings (SSSR count). The molecular weight excluding hydrogens is 368 g/mol. The van der Waals surface area contributed by atoms with Gasteiger partial charge in [0.2, 0.25) is 0 Å². The maximum atomic E-state index is 12.0. The second kappa shape index (κ2) is 8.90. The van der Waals surface area contributed by atoms with Gasteiger partial charge in [-0.05, 0) is 31.9 Å². The van der Waals surface area contributed by atoms with Crippen LogP contribution in [0.3, 0.4) is 0 Å². The van der Waals surface area contributed by atoms with Crippen molar-refractivity contribution in [3.63, 3.8) is 0 Å². The monoisotopic (exact) mass is 394 g/mol. The number of hydrogen-bond donors (Lipinski definition) is 3. The number of ether oxygens (including phenoxy) is 2. The maximum absolute atomic E-state index is 12.0. The van der Waals surface area contributed by atoms with Gasteiger partial charge in [0.15, 0.2) is 11.6 Å². The van der Waals surface area contributed by atoms with E-state index in [0.717, 1.165) is 17.5 Å². The van der Waals surface area contributed by atoms with Crippen LogP contribution in [0.25, 0.3) is 0 Å². The number of hydrogen-bond acceptors (Lipinski definition) is 6. The number of amides is 1.